The van der Waals surface area contributed by atoms with Gasteiger partial charge in [0, 0.05) is 38.8 Å². The van der Waals surface area contributed by atoms with E-state index in [0.29, 0.717) is 19.5 Å². The van der Waals surface area contributed by atoms with Gasteiger partial charge in [-0.2, -0.15) is 0 Å². The number of carbonyl (C=O) groups is 1. The monoisotopic (exact) mass is 522 g/mol. The summed E-state index contributed by atoms with van der Waals surface area (Å²) in [5, 5.41) is 6.66. The maximum absolute atomic E-state index is 11.9. The molecule has 3 rings (SSSR count). The third-order valence-electron chi connectivity index (χ3n) is 4.74. The highest BCUT2D eigenvalue weighted by Gasteiger charge is 2.21. The van der Waals surface area contributed by atoms with Crippen LogP contribution in [0, 0.1) is 0 Å². The van der Waals surface area contributed by atoms with E-state index in [1.165, 1.54) is 0 Å². The Kier molecular flexibility index (Phi) is 9.42. The summed E-state index contributed by atoms with van der Waals surface area (Å²) in [6, 6.07) is 16.2. The van der Waals surface area contributed by atoms with Gasteiger partial charge in [-0.25, -0.2) is 0 Å². The van der Waals surface area contributed by atoms with E-state index in [4.69, 9.17) is 4.74 Å². The summed E-state index contributed by atoms with van der Waals surface area (Å²) in [7, 11) is 1.76. The topological polar surface area (TPSA) is 66.0 Å². The average molecular weight is 522 g/mol. The van der Waals surface area contributed by atoms with Gasteiger partial charge in [-0.3, -0.25) is 9.79 Å². The second kappa shape index (κ2) is 11.8. The second-order valence-electron chi connectivity index (χ2n) is 7.41. The van der Waals surface area contributed by atoms with Crippen LogP contribution in [0.25, 0.3) is 0 Å². The van der Waals surface area contributed by atoms with Crippen molar-refractivity contribution in [3.8, 4) is 5.75 Å². The van der Waals surface area contributed by atoms with Crippen LogP contribution in [0.3, 0.4) is 0 Å². The van der Waals surface area contributed by atoms with E-state index in [-0.39, 0.29) is 36.0 Å². The van der Waals surface area contributed by atoms with E-state index < -0.39 is 0 Å². The maximum atomic E-state index is 11.9. The average Bonchev–Trinajstić information content (AvgIpc) is 3.14. The van der Waals surface area contributed by atoms with Crippen molar-refractivity contribution in [1.29, 1.82) is 0 Å². The van der Waals surface area contributed by atoms with Gasteiger partial charge in [0.1, 0.15) is 5.75 Å². The van der Waals surface area contributed by atoms with Crippen molar-refractivity contribution in [3.05, 3.63) is 59.7 Å². The predicted molar refractivity (Wildman–Crippen MR) is 133 cm³/mol. The lowest BCUT2D eigenvalue weighted by Crippen LogP contribution is -2.36. The molecule has 2 N–H and O–H groups in total. The fourth-order valence-corrected chi connectivity index (χ4v) is 3.31. The molecule has 0 saturated carbocycles. The number of halogens is 1. The van der Waals surface area contributed by atoms with E-state index in [9.17, 15) is 4.79 Å². The Bertz CT molecular complexity index is 853. The van der Waals surface area contributed by atoms with E-state index in [1.807, 2.05) is 61.2 Å². The van der Waals surface area contributed by atoms with Crippen LogP contribution < -0.4 is 20.3 Å². The highest BCUT2D eigenvalue weighted by Crippen LogP contribution is 2.21. The molecule has 0 unspecified atom stereocenters. The molecule has 0 bridgehead atoms. The van der Waals surface area contributed by atoms with Crippen LogP contribution >= 0.6 is 24.0 Å². The van der Waals surface area contributed by atoms with E-state index in [2.05, 4.69) is 21.7 Å². The molecule has 1 fully saturated rings. The minimum atomic E-state index is 0. The standard InChI is InChI=1S/C23H30N4O2.HI/c1-17(2)29-21-7-4-6-19(14-21)16-26-23(24-3)25-15-18-9-11-20(12-10-18)27-13-5-8-22(27)28;/h4,6-7,9-12,14,17H,5,8,13,15-16H2,1-3H3,(H2,24,25,26);1H. The molecular weight excluding hydrogens is 491 g/mol. The Morgan fingerprint density at radius 3 is 2.40 bits per heavy atom. The van der Waals surface area contributed by atoms with Crippen molar-refractivity contribution in [3.63, 3.8) is 0 Å². The number of hydrogen-bond donors (Lipinski definition) is 2. The minimum absolute atomic E-state index is 0. The molecule has 1 heterocycles. The first-order valence-corrected chi connectivity index (χ1v) is 10.1. The number of hydrogen-bond acceptors (Lipinski definition) is 3. The zero-order chi connectivity index (χ0) is 20.6. The van der Waals surface area contributed by atoms with Gasteiger partial charge in [-0.1, -0.05) is 24.3 Å². The number of amides is 1. The smallest absolute Gasteiger partial charge is 0.227 e. The van der Waals surface area contributed by atoms with Crippen molar-refractivity contribution in [1.82, 2.24) is 10.6 Å². The van der Waals surface area contributed by atoms with Gasteiger partial charge in [0.2, 0.25) is 5.91 Å². The van der Waals surface area contributed by atoms with Crippen molar-refractivity contribution in [2.45, 2.75) is 45.9 Å². The molecule has 0 atom stereocenters. The summed E-state index contributed by atoms with van der Waals surface area (Å²) in [5.41, 5.74) is 3.24. The number of aliphatic imine (C=N–C) groups is 1. The summed E-state index contributed by atoms with van der Waals surface area (Å²) < 4.78 is 5.75. The Morgan fingerprint density at radius 1 is 1.10 bits per heavy atom. The molecule has 6 nitrogen and oxygen atoms in total. The predicted octanol–water partition coefficient (Wildman–Crippen LogP) is 4.08. The van der Waals surface area contributed by atoms with Gasteiger partial charge >= 0.3 is 0 Å². The molecule has 1 aliphatic heterocycles. The molecule has 0 aromatic heterocycles. The second-order valence-corrected chi connectivity index (χ2v) is 7.41. The quantitative estimate of drug-likeness (QED) is 0.327. The Balaban J connectivity index is 0.00000320. The van der Waals surface area contributed by atoms with Crippen molar-refractivity contribution in [2.75, 3.05) is 18.5 Å². The number of guanidine groups is 1. The summed E-state index contributed by atoms with van der Waals surface area (Å²) in [5.74, 6) is 1.82. The van der Waals surface area contributed by atoms with Gasteiger partial charge < -0.3 is 20.3 Å². The molecule has 1 amide bonds. The fraction of sp³-hybridized carbons (Fsp3) is 0.391. The number of nitrogens with one attached hydrogen (secondary N) is 2. The van der Waals surface area contributed by atoms with Gasteiger partial charge in [0.05, 0.1) is 6.10 Å². The number of rotatable bonds is 7. The highest BCUT2D eigenvalue weighted by atomic mass is 127. The molecule has 0 spiro atoms. The molecule has 2 aromatic carbocycles. The zero-order valence-corrected chi connectivity index (χ0v) is 20.2. The van der Waals surface area contributed by atoms with Gasteiger partial charge in [-0.15, -0.1) is 24.0 Å². The zero-order valence-electron chi connectivity index (χ0n) is 17.9. The number of carbonyl (C=O) groups excluding carboxylic acids is 1. The molecule has 1 aliphatic rings. The number of nitrogens with zero attached hydrogens (tertiary/aromatic N) is 2. The third-order valence-corrected chi connectivity index (χ3v) is 4.74. The molecule has 162 valence electrons. The molecule has 1 saturated heterocycles. The Hall–Kier alpha value is -2.29. The van der Waals surface area contributed by atoms with E-state index in [0.717, 1.165) is 41.5 Å². The third kappa shape index (κ3) is 6.90. The number of benzene rings is 2. The molecule has 30 heavy (non-hydrogen) atoms. The summed E-state index contributed by atoms with van der Waals surface area (Å²) in [6.07, 6.45) is 1.75. The normalized spacial score (nSPS) is 13.9. The summed E-state index contributed by atoms with van der Waals surface area (Å²) >= 11 is 0. The van der Waals surface area contributed by atoms with Crippen LogP contribution in [0.4, 0.5) is 5.69 Å². The molecular formula is C23H31IN4O2. The summed E-state index contributed by atoms with van der Waals surface area (Å²) in [6.45, 7) is 6.17. The lowest BCUT2D eigenvalue weighted by molar-refractivity contribution is -0.117. The van der Waals surface area contributed by atoms with Crippen molar-refractivity contribution >= 4 is 41.5 Å². The van der Waals surface area contributed by atoms with Crippen LogP contribution in [0.5, 0.6) is 5.75 Å². The van der Waals surface area contributed by atoms with Crippen LogP contribution in [-0.4, -0.2) is 31.6 Å². The van der Waals surface area contributed by atoms with Crippen molar-refractivity contribution in [2.24, 2.45) is 4.99 Å². The highest BCUT2D eigenvalue weighted by molar-refractivity contribution is 14.0. The van der Waals surface area contributed by atoms with Gasteiger partial charge in [0.15, 0.2) is 5.96 Å². The molecule has 7 heteroatoms. The first kappa shape index (κ1) is 24.0. The largest absolute Gasteiger partial charge is 0.491 e. The van der Waals surface area contributed by atoms with Crippen LogP contribution in [0.2, 0.25) is 0 Å². The van der Waals surface area contributed by atoms with Crippen molar-refractivity contribution < 1.29 is 9.53 Å². The van der Waals surface area contributed by atoms with Gasteiger partial charge in [-0.05, 0) is 55.7 Å². The van der Waals surface area contributed by atoms with Crippen LogP contribution in [-0.2, 0) is 17.9 Å². The van der Waals surface area contributed by atoms with E-state index >= 15 is 0 Å². The Labute approximate surface area is 196 Å². The fourth-order valence-electron chi connectivity index (χ4n) is 3.31. The van der Waals surface area contributed by atoms with E-state index in [1.54, 1.807) is 7.05 Å². The lowest BCUT2D eigenvalue weighted by Gasteiger charge is -2.16. The van der Waals surface area contributed by atoms with Crippen LogP contribution in [0.15, 0.2) is 53.5 Å². The minimum Gasteiger partial charge on any atom is -0.491 e. The number of anilines is 1. The summed E-state index contributed by atoms with van der Waals surface area (Å²) in [4.78, 5) is 18.0. The molecule has 2 aromatic rings. The van der Waals surface area contributed by atoms with Gasteiger partial charge in [0.25, 0.3) is 0 Å². The van der Waals surface area contributed by atoms with Crippen LogP contribution in [0.1, 0.15) is 37.8 Å². The molecule has 0 aliphatic carbocycles. The molecule has 0 radical (unpaired) electrons. The number of ether oxygens (including phenoxy) is 1. The maximum Gasteiger partial charge on any atom is 0.227 e. The lowest BCUT2D eigenvalue weighted by atomic mass is 10.2. The first-order valence-electron chi connectivity index (χ1n) is 10.1. The Morgan fingerprint density at radius 2 is 1.80 bits per heavy atom. The first-order chi connectivity index (χ1) is 14.0. The SMILES string of the molecule is CN=C(NCc1ccc(N2CCCC2=O)cc1)NCc1cccc(OC(C)C)c1.I.